The van der Waals surface area contributed by atoms with E-state index in [0.717, 1.165) is 16.8 Å². The fourth-order valence-electron chi connectivity index (χ4n) is 2.26. The highest BCUT2D eigenvalue weighted by Gasteiger charge is 2.11. The number of halogens is 1. The lowest BCUT2D eigenvalue weighted by Gasteiger charge is -2.05. The topological polar surface area (TPSA) is 61.7 Å². The Labute approximate surface area is 109 Å². The standard InChI is InChI=1S/C13H14FN5/c1-8-9(6-18(2)17-8)7-19-12-4-3-10(14)5-11(12)16-13(19)15/h3-6H,7H2,1-2H3,(H2,15,16). The molecule has 5 nitrogen and oxygen atoms in total. The van der Waals surface area contributed by atoms with Gasteiger partial charge in [-0.15, -0.1) is 0 Å². The molecular weight excluding hydrogens is 245 g/mol. The maximum atomic E-state index is 13.2. The molecule has 1 aromatic carbocycles. The molecule has 2 N–H and O–H groups in total. The van der Waals surface area contributed by atoms with Gasteiger partial charge in [0.15, 0.2) is 0 Å². The lowest BCUT2D eigenvalue weighted by atomic mass is 10.2. The quantitative estimate of drug-likeness (QED) is 0.764. The number of aryl methyl sites for hydroxylation is 2. The van der Waals surface area contributed by atoms with Crippen LogP contribution in [0.3, 0.4) is 0 Å². The Morgan fingerprint density at radius 1 is 1.37 bits per heavy atom. The van der Waals surface area contributed by atoms with E-state index in [-0.39, 0.29) is 5.82 Å². The minimum atomic E-state index is -0.310. The van der Waals surface area contributed by atoms with E-state index in [1.165, 1.54) is 12.1 Å². The summed E-state index contributed by atoms with van der Waals surface area (Å²) in [5, 5.41) is 4.30. The number of nitrogens with zero attached hydrogens (tertiary/aromatic N) is 4. The Kier molecular flexibility index (Phi) is 2.51. The first-order chi connectivity index (χ1) is 9.04. The summed E-state index contributed by atoms with van der Waals surface area (Å²) >= 11 is 0. The van der Waals surface area contributed by atoms with Crippen molar-refractivity contribution in [2.24, 2.45) is 7.05 Å². The molecule has 0 saturated heterocycles. The van der Waals surface area contributed by atoms with E-state index in [1.54, 1.807) is 10.7 Å². The Bertz CT molecular complexity index is 756. The zero-order valence-electron chi connectivity index (χ0n) is 10.8. The Hall–Kier alpha value is -2.37. The van der Waals surface area contributed by atoms with E-state index < -0.39 is 0 Å². The molecule has 2 aromatic heterocycles. The van der Waals surface area contributed by atoms with Gasteiger partial charge in [0, 0.05) is 24.9 Å². The maximum Gasteiger partial charge on any atom is 0.201 e. The van der Waals surface area contributed by atoms with Crippen LogP contribution in [0.5, 0.6) is 0 Å². The van der Waals surface area contributed by atoms with Crippen LogP contribution in [0.1, 0.15) is 11.3 Å². The van der Waals surface area contributed by atoms with Crippen LogP contribution >= 0.6 is 0 Å². The molecule has 0 bridgehead atoms. The van der Waals surface area contributed by atoms with Crippen LogP contribution in [-0.2, 0) is 13.6 Å². The second-order valence-electron chi connectivity index (χ2n) is 4.60. The molecule has 0 saturated carbocycles. The molecule has 0 aliphatic heterocycles. The number of fused-ring (bicyclic) bond motifs is 1. The first kappa shape index (κ1) is 11.7. The predicted octanol–water partition coefficient (Wildman–Crippen LogP) is 1.85. The van der Waals surface area contributed by atoms with Crippen molar-refractivity contribution in [3.63, 3.8) is 0 Å². The number of anilines is 1. The van der Waals surface area contributed by atoms with Crippen molar-refractivity contribution < 1.29 is 4.39 Å². The van der Waals surface area contributed by atoms with E-state index in [9.17, 15) is 4.39 Å². The van der Waals surface area contributed by atoms with Gasteiger partial charge in [-0.3, -0.25) is 4.68 Å². The number of imidazole rings is 1. The summed E-state index contributed by atoms with van der Waals surface area (Å²) in [5.74, 6) is 0.0681. The van der Waals surface area contributed by atoms with Gasteiger partial charge in [0.05, 0.1) is 23.3 Å². The van der Waals surface area contributed by atoms with Crippen molar-refractivity contribution in [3.05, 3.63) is 41.5 Å². The number of hydrogen-bond donors (Lipinski definition) is 1. The van der Waals surface area contributed by atoms with Gasteiger partial charge in [0.25, 0.3) is 0 Å². The SMILES string of the molecule is Cc1nn(C)cc1Cn1c(N)nc2cc(F)ccc21. The van der Waals surface area contributed by atoms with Gasteiger partial charge >= 0.3 is 0 Å². The Balaban J connectivity index is 2.10. The van der Waals surface area contributed by atoms with Crippen LogP contribution < -0.4 is 5.73 Å². The smallest absolute Gasteiger partial charge is 0.201 e. The summed E-state index contributed by atoms with van der Waals surface area (Å²) < 4.78 is 16.8. The number of rotatable bonds is 2. The molecule has 0 aliphatic carbocycles. The zero-order valence-corrected chi connectivity index (χ0v) is 10.8. The van der Waals surface area contributed by atoms with Crippen LogP contribution in [0.4, 0.5) is 10.3 Å². The van der Waals surface area contributed by atoms with Crippen LogP contribution in [0.2, 0.25) is 0 Å². The highest BCUT2D eigenvalue weighted by molar-refractivity contribution is 5.78. The summed E-state index contributed by atoms with van der Waals surface area (Å²) in [6, 6.07) is 4.49. The summed E-state index contributed by atoms with van der Waals surface area (Å²) in [4.78, 5) is 4.18. The third-order valence-corrected chi connectivity index (χ3v) is 3.18. The molecule has 3 rings (SSSR count). The van der Waals surface area contributed by atoms with E-state index in [1.807, 2.05) is 24.7 Å². The third-order valence-electron chi connectivity index (χ3n) is 3.18. The zero-order chi connectivity index (χ0) is 13.6. The van der Waals surface area contributed by atoms with Crippen molar-refractivity contribution in [2.75, 3.05) is 5.73 Å². The molecule has 6 heteroatoms. The number of nitrogen functional groups attached to an aromatic ring is 1. The number of nitrogens with two attached hydrogens (primary N) is 1. The molecule has 0 radical (unpaired) electrons. The molecule has 0 amide bonds. The minimum absolute atomic E-state index is 0.310. The van der Waals surface area contributed by atoms with Crippen LogP contribution in [0.15, 0.2) is 24.4 Å². The third kappa shape index (κ3) is 1.95. The first-order valence-corrected chi connectivity index (χ1v) is 5.95. The molecule has 98 valence electrons. The Morgan fingerprint density at radius 2 is 2.16 bits per heavy atom. The molecule has 0 fully saturated rings. The van der Waals surface area contributed by atoms with Gasteiger partial charge < -0.3 is 10.3 Å². The van der Waals surface area contributed by atoms with Crippen LogP contribution in [-0.4, -0.2) is 19.3 Å². The first-order valence-electron chi connectivity index (χ1n) is 5.95. The van der Waals surface area contributed by atoms with Crippen LogP contribution in [0, 0.1) is 12.7 Å². The molecule has 0 atom stereocenters. The van der Waals surface area contributed by atoms with Crippen LogP contribution in [0.25, 0.3) is 11.0 Å². The van der Waals surface area contributed by atoms with Crippen molar-refractivity contribution in [2.45, 2.75) is 13.5 Å². The average molecular weight is 259 g/mol. The van der Waals surface area contributed by atoms with Gasteiger partial charge in [0.1, 0.15) is 5.82 Å². The normalized spacial score (nSPS) is 11.3. The van der Waals surface area contributed by atoms with Gasteiger partial charge in [-0.2, -0.15) is 5.10 Å². The predicted molar refractivity (Wildman–Crippen MR) is 71.2 cm³/mol. The lowest BCUT2D eigenvalue weighted by Crippen LogP contribution is -2.04. The summed E-state index contributed by atoms with van der Waals surface area (Å²) in [5.41, 5.74) is 9.32. The van der Waals surface area contributed by atoms with E-state index in [4.69, 9.17) is 5.73 Å². The fraction of sp³-hybridized carbons (Fsp3) is 0.231. The van der Waals surface area contributed by atoms with Crippen molar-refractivity contribution in [1.29, 1.82) is 0 Å². The second kappa shape index (κ2) is 4.08. The number of benzene rings is 1. The maximum absolute atomic E-state index is 13.2. The molecule has 0 aliphatic rings. The van der Waals surface area contributed by atoms with E-state index in [0.29, 0.717) is 18.0 Å². The number of hydrogen-bond acceptors (Lipinski definition) is 3. The van der Waals surface area contributed by atoms with Gasteiger partial charge in [-0.25, -0.2) is 9.37 Å². The lowest BCUT2D eigenvalue weighted by molar-refractivity contribution is 0.629. The molecule has 3 aromatic rings. The second-order valence-corrected chi connectivity index (χ2v) is 4.60. The average Bonchev–Trinajstić information content (AvgIpc) is 2.80. The fourth-order valence-corrected chi connectivity index (χ4v) is 2.26. The minimum Gasteiger partial charge on any atom is -0.369 e. The molecule has 0 unspecified atom stereocenters. The van der Waals surface area contributed by atoms with Crippen molar-refractivity contribution in [1.82, 2.24) is 19.3 Å². The van der Waals surface area contributed by atoms with Crippen molar-refractivity contribution in [3.8, 4) is 0 Å². The number of aromatic nitrogens is 4. The van der Waals surface area contributed by atoms with Gasteiger partial charge in [0.2, 0.25) is 5.95 Å². The largest absolute Gasteiger partial charge is 0.369 e. The van der Waals surface area contributed by atoms with Gasteiger partial charge in [-0.1, -0.05) is 0 Å². The monoisotopic (exact) mass is 259 g/mol. The van der Waals surface area contributed by atoms with Gasteiger partial charge in [-0.05, 0) is 19.1 Å². The van der Waals surface area contributed by atoms with E-state index in [2.05, 4.69) is 10.1 Å². The van der Waals surface area contributed by atoms with E-state index >= 15 is 0 Å². The van der Waals surface area contributed by atoms with Crippen molar-refractivity contribution >= 4 is 17.0 Å². The molecular formula is C13H14FN5. The summed E-state index contributed by atoms with van der Waals surface area (Å²) in [6.07, 6.45) is 1.95. The molecule has 0 spiro atoms. The highest BCUT2D eigenvalue weighted by atomic mass is 19.1. The highest BCUT2D eigenvalue weighted by Crippen LogP contribution is 2.21. The summed E-state index contributed by atoms with van der Waals surface area (Å²) in [6.45, 7) is 2.53. The molecule has 19 heavy (non-hydrogen) atoms. The molecule has 2 heterocycles. The Morgan fingerprint density at radius 3 is 2.84 bits per heavy atom. The summed E-state index contributed by atoms with van der Waals surface area (Å²) in [7, 11) is 1.88.